The predicted molar refractivity (Wildman–Crippen MR) is 69.1 cm³/mol. The van der Waals surface area contributed by atoms with Crippen molar-refractivity contribution in [3.05, 3.63) is 35.4 Å². The molecule has 0 spiro atoms. The van der Waals surface area contributed by atoms with Gasteiger partial charge in [0, 0.05) is 6.04 Å². The molecule has 0 amide bonds. The third-order valence-electron chi connectivity index (χ3n) is 2.98. The number of rotatable bonds is 6. The summed E-state index contributed by atoms with van der Waals surface area (Å²) in [5, 5.41) is 12.3. The molecule has 2 unspecified atom stereocenters. The summed E-state index contributed by atoms with van der Waals surface area (Å²) in [6.07, 6.45) is 1.52. The van der Waals surface area contributed by atoms with E-state index in [0.717, 1.165) is 12.0 Å². The highest BCUT2D eigenvalue weighted by Gasteiger charge is 2.19. The molecule has 94 valence electrons. The highest BCUT2D eigenvalue weighted by molar-refractivity contribution is 5.73. The van der Waals surface area contributed by atoms with E-state index in [1.54, 1.807) is 0 Å². The maximum absolute atomic E-state index is 11.1. The third-order valence-corrected chi connectivity index (χ3v) is 2.98. The lowest BCUT2D eigenvalue weighted by Gasteiger charge is -2.21. The molecule has 0 aromatic heterocycles. The van der Waals surface area contributed by atoms with E-state index in [2.05, 4.69) is 5.32 Å². The molecule has 2 N–H and O–H groups in total. The van der Waals surface area contributed by atoms with Crippen LogP contribution in [0.25, 0.3) is 0 Å². The second-order valence-corrected chi connectivity index (χ2v) is 4.42. The quantitative estimate of drug-likeness (QED) is 0.797. The van der Waals surface area contributed by atoms with Crippen LogP contribution in [-0.2, 0) is 4.79 Å². The van der Waals surface area contributed by atoms with Crippen molar-refractivity contribution in [2.45, 2.75) is 45.7 Å². The Labute approximate surface area is 103 Å². The summed E-state index contributed by atoms with van der Waals surface area (Å²) >= 11 is 0. The summed E-state index contributed by atoms with van der Waals surface area (Å²) in [6.45, 7) is 6.05. The maximum atomic E-state index is 11.1. The van der Waals surface area contributed by atoms with Crippen molar-refractivity contribution >= 4 is 5.97 Å². The van der Waals surface area contributed by atoms with E-state index >= 15 is 0 Å². The Balaban J connectivity index is 2.73. The number of hydrogen-bond donors (Lipinski definition) is 2. The zero-order valence-corrected chi connectivity index (χ0v) is 10.7. The smallest absolute Gasteiger partial charge is 0.320 e. The molecule has 0 fully saturated rings. The van der Waals surface area contributed by atoms with Gasteiger partial charge in [-0.3, -0.25) is 10.1 Å². The Bertz CT molecular complexity index is 376. The van der Waals surface area contributed by atoms with E-state index < -0.39 is 12.0 Å². The van der Waals surface area contributed by atoms with Gasteiger partial charge in [-0.2, -0.15) is 0 Å². The first-order valence-electron chi connectivity index (χ1n) is 6.10. The predicted octanol–water partition coefficient (Wildman–Crippen LogP) is 2.90. The highest BCUT2D eigenvalue weighted by Crippen LogP contribution is 2.18. The van der Waals surface area contributed by atoms with Gasteiger partial charge < -0.3 is 5.11 Å². The molecular weight excluding hydrogens is 214 g/mol. The molecule has 17 heavy (non-hydrogen) atoms. The van der Waals surface area contributed by atoms with Crippen LogP contribution < -0.4 is 5.32 Å². The number of aliphatic carboxylic acids is 1. The van der Waals surface area contributed by atoms with Crippen molar-refractivity contribution in [1.82, 2.24) is 5.32 Å². The zero-order chi connectivity index (χ0) is 12.8. The summed E-state index contributed by atoms with van der Waals surface area (Å²) in [6, 6.07) is 7.65. The van der Waals surface area contributed by atoms with Crippen molar-refractivity contribution in [2.75, 3.05) is 0 Å². The number of hydrogen-bond acceptors (Lipinski definition) is 2. The number of carboxylic acid groups (broad SMARTS) is 1. The summed E-state index contributed by atoms with van der Waals surface area (Å²) in [4.78, 5) is 11.1. The minimum Gasteiger partial charge on any atom is -0.480 e. The van der Waals surface area contributed by atoms with E-state index in [9.17, 15) is 4.79 Å². The molecule has 0 bridgehead atoms. The lowest BCUT2D eigenvalue weighted by Crippen LogP contribution is -2.38. The van der Waals surface area contributed by atoms with Crippen molar-refractivity contribution in [2.24, 2.45) is 0 Å². The second-order valence-electron chi connectivity index (χ2n) is 4.42. The molecule has 0 aliphatic heterocycles. The van der Waals surface area contributed by atoms with Crippen LogP contribution in [0.15, 0.2) is 24.3 Å². The van der Waals surface area contributed by atoms with Gasteiger partial charge in [-0.05, 0) is 31.4 Å². The first kappa shape index (κ1) is 13.7. The van der Waals surface area contributed by atoms with Gasteiger partial charge in [0.1, 0.15) is 6.04 Å². The zero-order valence-electron chi connectivity index (χ0n) is 10.7. The lowest BCUT2D eigenvalue weighted by atomic mass is 10.0. The first-order valence-corrected chi connectivity index (χ1v) is 6.10. The van der Waals surface area contributed by atoms with E-state index in [1.165, 1.54) is 5.56 Å². The lowest BCUT2D eigenvalue weighted by molar-refractivity contribution is -0.139. The van der Waals surface area contributed by atoms with Gasteiger partial charge in [0.05, 0.1) is 0 Å². The first-order chi connectivity index (χ1) is 8.06. The van der Waals surface area contributed by atoms with Crippen LogP contribution in [0.3, 0.4) is 0 Å². The van der Waals surface area contributed by atoms with Gasteiger partial charge in [-0.15, -0.1) is 0 Å². The fourth-order valence-electron chi connectivity index (χ4n) is 2.03. The molecule has 1 rings (SSSR count). The van der Waals surface area contributed by atoms with E-state index in [0.29, 0.717) is 6.42 Å². The fraction of sp³-hybridized carbons (Fsp3) is 0.500. The minimum atomic E-state index is -0.771. The monoisotopic (exact) mass is 235 g/mol. The van der Waals surface area contributed by atoms with E-state index in [4.69, 9.17) is 5.11 Å². The molecule has 0 heterocycles. The number of carboxylic acids is 1. The molecule has 0 radical (unpaired) electrons. The van der Waals surface area contributed by atoms with Crippen LogP contribution in [0.4, 0.5) is 0 Å². The molecule has 0 aliphatic carbocycles. The van der Waals surface area contributed by atoms with Crippen molar-refractivity contribution in [3.63, 3.8) is 0 Å². The average molecular weight is 235 g/mol. The van der Waals surface area contributed by atoms with Crippen LogP contribution in [0.5, 0.6) is 0 Å². The Morgan fingerprint density at radius 3 is 2.59 bits per heavy atom. The highest BCUT2D eigenvalue weighted by atomic mass is 16.4. The van der Waals surface area contributed by atoms with Crippen molar-refractivity contribution in [3.8, 4) is 0 Å². The summed E-state index contributed by atoms with van der Waals surface area (Å²) < 4.78 is 0. The molecule has 2 atom stereocenters. The fourth-order valence-corrected chi connectivity index (χ4v) is 2.03. The van der Waals surface area contributed by atoms with Gasteiger partial charge in [0.15, 0.2) is 0 Å². The number of benzene rings is 1. The van der Waals surface area contributed by atoms with Gasteiger partial charge in [0.25, 0.3) is 0 Å². The summed E-state index contributed by atoms with van der Waals surface area (Å²) in [7, 11) is 0. The van der Waals surface area contributed by atoms with Crippen LogP contribution in [0, 0.1) is 6.92 Å². The second kappa shape index (κ2) is 6.40. The maximum Gasteiger partial charge on any atom is 0.320 e. The van der Waals surface area contributed by atoms with Crippen LogP contribution in [0.2, 0.25) is 0 Å². The summed E-state index contributed by atoms with van der Waals surface area (Å²) in [5.41, 5.74) is 2.35. The van der Waals surface area contributed by atoms with E-state index in [1.807, 2.05) is 45.0 Å². The Morgan fingerprint density at radius 2 is 2.06 bits per heavy atom. The topological polar surface area (TPSA) is 49.3 Å². The van der Waals surface area contributed by atoms with Gasteiger partial charge >= 0.3 is 5.97 Å². The average Bonchev–Trinajstić information content (AvgIpc) is 2.28. The number of aryl methyl sites for hydroxylation is 1. The standard InChI is InChI=1S/C14H21NO2/c1-4-7-13(14(16)17)15-11(3)12-9-6-5-8-10(12)2/h5-6,8-9,11,13,15H,4,7H2,1-3H3,(H,16,17). The third kappa shape index (κ3) is 3.86. The molecule has 3 nitrogen and oxygen atoms in total. The van der Waals surface area contributed by atoms with Crippen LogP contribution in [0.1, 0.15) is 43.9 Å². The number of nitrogens with one attached hydrogen (secondary N) is 1. The van der Waals surface area contributed by atoms with Gasteiger partial charge in [0.2, 0.25) is 0 Å². The van der Waals surface area contributed by atoms with Crippen molar-refractivity contribution in [1.29, 1.82) is 0 Å². The molecule has 0 saturated heterocycles. The Kier molecular flexibility index (Phi) is 5.16. The molecule has 1 aromatic rings. The molecule has 3 heteroatoms. The SMILES string of the molecule is CCCC(NC(C)c1ccccc1C)C(=O)O. The normalized spacial score (nSPS) is 14.3. The molecular formula is C14H21NO2. The van der Waals surface area contributed by atoms with Gasteiger partial charge in [-0.1, -0.05) is 37.6 Å². The van der Waals surface area contributed by atoms with Crippen molar-refractivity contribution < 1.29 is 9.90 Å². The summed E-state index contributed by atoms with van der Waals surface area (Å²) in [5.74, 6) is -0.771. The van der Waals surface area contributed by atoms with Crippen LogP contribution >= 0.6 is 0 Å². The Morgan fingerprint density at radius 1 is 1.41 bits per heavy atom. The molecule has 0 aliphatic rings. The minimum absolute atomic E-state index is 0.0591. The molecule has 1 aromatic carbocycles. The largest absolute Gasteiger partial charge is 0.480 e. The number of carbonyl (C=O) groups is 1. The van der Waals surface area contributed by atoms with Gasteiger partial charge in [-0.25, -0.2) is 0 Å². The molecule has 0 saturated carbocycles. The Hall–Kier alpha value is -1.35. The van der Waals surface area contributed by atoms with Crippen LogP contribution in [-0.4, -0.2) is 17.1 Å². The van der Waals surface area contributed by atoms with E-state index in [-0.39, 0.29) is 6.04 Å².